The fraction of sp³-hybridized carbons (Fsp3) is 0.125. The van der Waals surface area contributed by atoms with Gasteiger partial charge in [-0.2, -0.15) is 0 Å². The van der Waals surface area contributed by atoms with E-state index in [1.165, 1.54) is 0 Å². The van der Waals surface area contributed by atoms with Gasteiger partial charge >= 0.3 is 0 Å². The van der Waals surface area contributed by atoms with Gasteiger partial charge in [-0.15, -0.1) is 0 Å². The van der Waals surface area contributed by atoms with Crippen molar-refractivity contribution in [2.24, 2.45) is 0 Å². The van der Waals surface area contributed by atoms with Gasteiger partial charge in [-0.25, -0.2) is 0 Å². The zero-order chi connectivity index (χ0) is 8.27. The number of halogens is 1. The molecule has 0 fully saturated rings. The van der Waals surface area contributed by atoms with Gasteiger partial charge in [0.1, 0.15) is 0 Å². The Morgan fingerprint density at radius 3 is 2.73 bits per heavy atom. The summed E-state index contributed by atoms with van der Waals surface area (Å²) >= 11 is 3.27. The van der Waals surface area contributed by atoms with Crippen LogP contribution in [0.4, 0.5) is 5.69 Å². The van der Waals surface area contributed by atoms with Crippen LogP contribution in [0.25, 0.3) is 0 Å². The van der Waals surface area contributed by atoms with Crippen molar-refractivity contribution in [2.75, 3.05) is 5.73 Å². The number of alkyl halides is 1. The van der Waals surface area contributed by atoms with Crippen LogP contribution < -0.4 is 5.73 Å². The molecule has 0 saturated carbocycles. The minimum Gasteiger partial charge on any atom is -0.398 e. The number of aldehydes is 1. The molecule has 0 bridgehead atoms. The Balaban J connectivity index is 3.24. The molecule has 0 aliphatic heterocycles. The SMILES string of the molecule is Nc1cccc(CBr)c1C=O. The molecule has 0 radical (unpaired) electrons. The van der Waals surface area contributed by atoms with Gasteiger partial charge in [0.2, 0.25) is 0 Å². The molecule has 0 aliphatic carbocycles. The summed E-state index contributed by atoms with van der Waals surface area (Å²) in [6.45, 7) is 0. The predicted molar refractivity (Wildman–Crippen MR) is 48.9 cm³/mol. The maximum atomic E-state index is 10.5. The van der Waals surface area contributed by atoms with Crippen LogP contribution in [0.3, 0.4) is 0 Å². The van der Waals surface area contributed by atoms with E-state index >= 15 is 0 Å². The Labute approximate surface area is 73.5 Å². The van der Waals surface area contributed by atoms with Crippen LogP contribution in [-0.4, -0.2) is 6.29 Å². The normalized spacial score (nSPS) is 9.55. The molecule has 0 aromatic heterocycles. The minimum absolute atomic E-state index is 0.539. The Morgan fingerprint density at radius 1 is 1.55 bits per heavy atom. The molecule has 0 saturated heterocycles. The lowest BCUT2D eigenvalue weighted by Gasteiger charge is -2.02. The third-order valence-electron chi connectivity index (χ3n) is 1.49. The Morgan fingerprint density at radius 2 is 2.27 bits per heavy atom. The lowest BCUT2D eigenvalue weighted by Crippen LogP contribution is -1.96. The highest BCUT2D eigenvalue weighted by molar-refractivity contribution is 9.08. The number of carbonyl (C=O) groups is 1. The first kappa shape index (κ1) is 8.27. The van der Waals surface area contributed by atoms with Gasteiger partial charge in [0.05, 0.1) is 0 Å². The van der Waals surface area contributed by atoms with Crippen molar-refractivity contribution in [3.8, 4) is 0 Å². The number of benzene rings is 1. The van der Waals surface area contributed by atoms with Gasteiger partial charge in [0.15, 0.2) is 6.29 Å². The van der Waals surface area contributed by atoms with E-state index < -0.39 is 0 Å². The number of nitrogen functional groups attached to an aromatic ring is 1. The van der Waals surface area contributed by atoms with E-state index in [0.29, 0.717) is 16.6 Å². The molecule has 0 unspecified atom stereocenters. The standard InChI is InChI=1S/C8H8BrNO/c9-4-6-2-1-3-8(10)7(6)5-11/h1-3,5H,4,10H2. The van der Waals surface area contributed by atoms with E-state index in [0.717, 1.165) is 11.8 Å². The molecule has 0 atom stereocenters. The number of hydrogen-bond acceptors (Lipinski definition) is 2. The first-order chi connectivity index (χ1) is 5.29. The van der Waals surface area contributed by atoms with Crippen molar-refractivity contribution < 1.29 is 4.79 Å². The van der Waals surface area contributed by atoms with Gasteiger partial charge in [-0.3, -0.25) is 4.79 Å². The van der Waals surface area contributed by atoms with Crippen LogP contribution in [0.15, 0.2) is 18.2 Å². The molecule has 11 heavy (non-hydrogen) atoms. The summed E-state index contributed by atoms with van der Waals surface area (Å²) in [6, 6.07) is 5.42. The number of hydrogen-bond donors (Lipinski definition) is 1. The molecule has 0 spiro atoms. The van der Waals surface area contributed by atoms with Crippen LogP contribution in [0.5, 0.6) is 0 Å². The molecular formula is C8H8BrNO. The van der Waals surface area contributed by atoms with Gasteiger partial charge in [0, 0.05) is 16.6 Å². The average molecular weight is 214 g/mol. The molecule has 0 heterocycles. The lowest BCUT2D eigenvalue weighted by atomic mass is 10.1. The summed E-state index contributed by atoms with van der Waals surface area (Å²) < 4.78 is 0. The van der Waals surface area contributed by atoms with Crippen LogP contribution in [0.1, 0.15) is 15.9 Å². The van der Waals surface area contributed by atoms with Gasteiger partial charge in [0.25, 0.3) is 0 Å². The molecule has 1 aromatic rings. The Bertz CT molecular complexity index is 273. The zero-order valence-electron chi connectivity index (χ0n) is 5.88. The summed E-state index contributed by atoms with van der Waals surface area (Å²) in [7, 11) is 0. The lowest BCUT2D eigenvalue weighted by molar-refractivity contribution is 0.112. The fourth-order valence-electron chi connectivity index (χ4n) is 0.893. The topological polar surface area (TPSA) is 43.1 Å². The van der Waals surface area contributed by atoms with Crippen molar-refractivity contribution in [1.82, 2.24) is 0 Å². The second kappa shape index (κ2) is 3.53. The molecular weight excluding hydrogens is 206 g/mol. The van der Waals surface area contributed by atoms with Crippen molar-refractivity contribution in [1.29, 1.82) is 0 Å². The van der Waals surface area contributed by atoms with Crippen LogP contribution in [-0.2, 0) is 5.33 Å². The van der Waals surface area contributed by atoms with Crippen molar-refractivity contribution in [3.63, 3.8) is 0 Å². The highest BCUT2D eigenvalue weighted by Crippen LogP contribution is 2.16. The monoisotopic (exact) mass is 213 g/mol. The molecule has 1 aromatic carbocycles. The third kappa shape index (κ3) is 1.60. The molecule has 58 valence electrons. The minimum atomic E-state index is 0.539. The van der Waals surface area contributed by atoms with Gasteiger partial charge < -0.3 is 5.73 Å². The van der Waals surface area contributed by atoms with Crippen molar-refractivity contribution >= 4 is 27.9 Å². The van der Waals surface area contributed by atoms with Crippen LogP contribution >= 0.6 is 15.9 Å². The summed E-state index contributed by atoms with van der Waals surface area (Å²) in [5.41, 5.74) is 7.61. The Hall–Kier alpha value is -0.830. The highest BCUT2D eigenvalue weighted by Gasteiger charge is 2.02. The maximum absolute atomic E-state index is 10.5. The molecule has 1 rings (SSSR count). The second-order valence-electron chi connectivity index (χ2n) is 2.17. The van der Waals surface area contributed by atoms with Gasteiger partial charge in [-0.1, -0.05) is 28.1 Å². The van der Waals surface area contributed by atoms with Crippen LogP contribution in [0, 0.1) is 0 Å². The first-order valence-corrected chi connectivity index (χ1v) is 4.30. The van der Waals surface area contributed by atoms with E-state index in [9.17, 15) is 4.79 Å². The zero-order valence-corrected chi connectivity index (χ0v) is 7.47. The second-order valence-corrected chi connectivity index (χ2v) is 2.73. The number of anilines is 1. The molecule has 2 N–H and O–H groups in total. The number of nitrogens with two attached hydrogens (primary N) is 1. The predicted octanol–water partition coefficient (Wildman–Crippen LogP) is 1.98. The molecule has 0 amide bonds. The summed E-state index contributed by atoms with van der Waals surface area (Å²) in [5.74, 6) is 0. The largest absolute Gasteiger partial charge is 0.398 e. The maximum Gasteiger partial charge on any atom is 0.152 e. The Kier molecular flexibility index (Phi) is 2.65. The summed E-state index contributed by atoms with van der Waals surface area (Å²) in [5, 5.41) is 0.659. The number of rotatable bonds is 2. The fourth-order valence-corrected chi connectivity index (χ4v) is 1.38. The summed E-state index contributed by atoms with van der Waals surface area (Å²) in [6.07, 6.45) is 0.784. The van der Waals surface area contributed by atoms with E-state index in [4.69, 9.17) is 5.73 Å². The number of carbonyl (C=O) groups excluding carboxylic acids is 1. The van der Waals surface area contributed by atoms with E-state index in [1.54, 1.807) is 6.07 Å². The average Bonchev–Trinajstić information content (AvgIpc) is 2.04. The first-order valence-electron chi connectivity index (χ1n) is 3.18. The van der Waals surface area contributed by atoms with E-state index in [1.807, 2.05) is 12.1 Å². The quantitative estimate of drug-likeness (QED) is 0.464. The van der Waals surface area contributed by atoms with Crippen molar-refractivity contribution in [2.45, 2.75) is 5.33 Å². The van der Waals surface area contributed by atoms with E-state index in [2.05, 4.69) is 15.9 Å². The smallest absolute Gasteiger partial charge is 0.152 e. The summed E-state index contributed by atoms with van der Waals surface area (Å²) in [4.78, 5) is 10.5. The molecule has 2 nitrogen and oxygen atoms in total. The highest BCUT2D eigenvalue weighted by atomic mass is 79.9. The molecule has 0 aliphatic rings. The van der Waals surface area contributed by atoms with Crippen molar-refractivity contribution in [3.05, 3.63) is 29.3 Å². The molecule has 3 heteroatoms. The van der Waals surface area contributed by atoms with E-state index in [-0.39, 0.29) is 0 Å². The van der Waals surface area contributed by atoms with Crippen LogP contribution in [0.2, 0.25) is 0 Å². The van der Waals surface area contributed by atoms with Gasteiger partial charge in [-0.05, 0) is 11.6 Å². The third-order valence-corrected chi connectivity index (χ3v) is 2.10.